The summed E-state index contributed by atoms with van der Waals surface area (Å²) in [7, 11) is 0. The Morgan fingerprint density at radius 1 is 1.15 bits per heavy atom. The van der Waals surface area contributed by atoms with Gasteiger partial charge in [-0.2, -0.15) is 0 Å². The lowest BCUT2D eigenvalue weighted by molar-refractivity contribution is 0.472. The summed E-state index contributed by atoms with van der Waals surface area (Å²) < 4.78 is 5.59. The Bertz CT molecular complexity index is 996. The Morgan fingerprint density at radius 2 is 1.88 bits per heavy atom. The van der Waals surface area contributed by atoms with Gasteiger partial charge in [0, 0.05) is 0 Å². The lowest BCUT2D eigenvalue weighted by Crippen LogP contribution is -2.37. The van der Waals surface area contributed by atoms with E-state index in [0.717, 1.165) is 17.7 Å². The molecule has 0 radical (unpaired) electrons. The number of aromatic hydroxyl groups is 1. The summed E-state index contributed by atoms with van der Waals surface area (Å²) >= 11 is 0. The van der Waals surface area contributed by atoms with Crippen LogP contribution in [0, 0.1) is 6.92 Å². The van der Waals surface area contributed by atoms with E-state index in [9.17, 15) is 14.7 Å². The standard InChI is InChI=1S/C20H22N2O4/c1-4-12-9-15(26-10-12)13(5-2)21-16-17(20(25)19(16)24)22-14-8-6-7-11(3)18(14)23/h6-10,13,21-23H,4-5H2,1-3H3/t13-/m1/s1. The van der Waals surface area contributed by atoms with Crippen molar-refractivity contribution in [3.05, 3.63) is 67.9 Å². The van der Waals surface area contributed by atoms with E-state index >= 15 is 0 Å². The van der Waals surface area contributed by atoms with Gasteiger partial charge < -0.3 is 20.2 Å². The average molecular weight is 354 g/mol. The molecule has 0 saturated heterocycles. The van der Waals surface area contributed by atoms with E-state index < -0.39 is 10.9 Å². The zero-order valence-electron chi connectivity index (χ0n) is 15.1. The first kappa shape index (κ1) is 17.8. The van der Waals surface area contributed by atoms with Crippen molar-refractivity contribution in [1.29, 1.82) is 0 Å². The quantitative estimate of drug-likeness (QED) is 0.442. The Morgan fingerprint density at radius 3 is 2.54 bits per heavy atom. The van der Waals surface area contributed by atoms with E-state index in [1.165, 1.54) is 0 Å². The van der Waals surface area contributed by atoms with E-state index in [0.29, 0.717) is 17.7 Å². The predicted octanol–water partition coefficient (Wildman–Crippen LogP) is 3.76. The van der Waals surface area contributed by atoms with Crippen LogP contribution < -0.4 is 21.5 Å². The number of hydrogen-bond acceptors (Lipinski definition) is 6. The Hall–Kier alpha value is -3.02. The van der Waals surface area contributed by atoms with Crippen LogP contribution >= 0.6 is 0 Å². The van der Waals surface area contributed by atoms with E-state index in [-0.39, 0.29) is 23.2 Å². The highest BCUT2D eigenvalue weighted by Gasteiger charge is 2.25. The second-order valence-corrected chi connectivity index (χ2v) is 6.32. The van der Waals surface area contributed by atoms with Crippen molar-refractivity contribution in [2.45, 2.75) is 39.7 Å². The maximum absolute atomic E-state index is 12.1. The van der Waals surface area contributed by atoms with Crippen LogP contribution in [0.2, 0.25) is 0 Å². The van der Waals surface area contributed by atoms with Crippen LogP contribution in [0.1, 0.15) is 43.2 Å². The topological polar surface area (TPSA) is 91.6 Å². The average Bonchev–Trinajstić information content (AvgIpc) is 3.13. The number of furan rings is 1. The molecule has 0 aliphatic carbocycles. The highest BCUT2D eigenvalue weighted by Crippen LogP contribution is 2.32. The van der Waals surface area contributed by atoms with Crippen LogP contribution in [0.15, 0.2) is 44.5 Å². The fourth-order valence-corrected chi connectivity index (χ4v) is 2.85. The fraction of sp³-hybridized carbons (Fsp3) is 0.300. The van der Waals surface area contributed by atoms with Gasteiger partial charge in [-0.05, 0) is 43.0 Å². The first-order valence-corrected chi connectivity index (χ1v) is 8.69. The summed E-state index contributed by atoms with van der Waals surface area (Å²) in [6.45, 7) is 5.77. The number of nitrogens with one attached hydrogen (secondary N) is 2. The van der Waals surface area contributed by atoms with Crippen molar-refractivity contribution in [1.82, 2.24) is 0 Å². The molecular formula is C20H22N2O4. The van der Waals surface area contributed by atoms with Gasteiger partial charge in [-0.25, -0.2) is 0 Å². The molecule has 0 unspecified atom stereocenters. The molecule has 1 heterocycles. The predicted molar refractivity (Wildman–Crippen MR) is 102 cm³/mol. The molecule has 3 N–H and O–H groups in total. The molecule has 3 aromatic rings. The summed E-state index contributed by atoms with van der Waals surface area (Å²) in [5, 5.41) is 16.1. The summed E-state index contributed by atoms with van der Waals surface area (Å²) in [6.07, 6.45) is 3.25. The lowest BCUT2D eigenvalue weighted by atomic mass is 10.1. The second-order valence-electron chi connectivity index (χ2n) is 6.32. The first-order chi connectivity index (χ1) is 12.5. The smallest absolute Gasteiger partial charge is 0.253 e. The number of phenols is 1. The van der Waals surface area contributed by atoms with Gasteiger partial charge in [0.2, 0.25) is 0 Å². The molecule has 26 heavy (non-hydrogen) atoms. The first-order valence-electron chi connectivity index (χ1n) is 8.69. The lowest BCUT2D eigenvalue weighted by Gasteiger charge is -2.20. The number of hydrogen-bond donors (Lipinski definition) is 3. The van der Waals surface area contributed by atoms with E-state index in [4.69, 9.17) is 4.42 Å². The maximum atomic E-state index is 12.1. The number of benzene rings is 1. The van der Waals surface area contributed by atoms with Crippen molar-refractivity contribution >= 4 is 17.1 Å². The number of rotatable bonds is 7. The van der Waals surface area contributed by atoms with Crippen molar-refractivity contribution in [3.8, 4) is 5.75 Å². The fourth-order valence-electron chi connectivity index (χ4n) is 2.85. The third-order valence-corrected chi connectivity index (χ3v) is 4.56. The van der Waals surface area contributed by atoms with Gasteiger partial charge in [-0.15, -0.1) is 0 Å². The maximum Gasteiger partial charge on any atom is 0.253 e. The molecule has 2 aromatic carbocycles. The van der Waals surface area contributed by atoms with Crippen LogP contribution in [-0.4, -0.2) is 5.11 Å². The molecular weight excluding hydrogens is 332 g/mol. The van der Waals surface area contributed by atoms with Gasteiger partial charge in [-0.1, -0.05) is 26.0 Å². The molecule has 0 fully saturated rings. The zero-order valence-corrected chi connectivity index (χ0v) is 15.1. The van der Waals surface area contributed by atoms with Gasteiger partial charge in [0.15, 0.2) is 0 Å². The SMILES string of the molecule is CCc1coc([C@@H](CC)Nc2c(Nc3cccc(C)c3O)c(=O)c2=O)c1. The molecule has 0 spiro atoms. The highest BCUT2D eigenvalue weighted by atomic mass is 16.3. The number of phenolic OH excluding ortho intramolecular Hbond substituents is 1. The molecule has 1 atom stereocenters. The Kier molecular flexibility index (Phi) is 4.84. The monoisotopic (exact) mass is 354 g/mol. The van der Waals surface area contributed by atoms with Crippen molar-refractivity contribution in [2.75, 3.05) is 10.6 Å². The van der Waals surface area contributed by atoms with Crippen LogP contribution in [0.4, 0.5) is 17.1 Å². The highest BCUT2D eigenvalue weighted by molar-refractivity contribution is 5.81. The molecule has 0 saturated carbocycles. The molecule has 0 bridgehead atoms. The van der Waals surface area contributed by atoms with Crippen molar-refractivity contribution < 1.29 is 9.52 Å². The van der Waals surface area contributed by atoms with Gasteiger partial charge in [0.1, 0.15) is 22.9 Å². The molecule has 6 heteroatoms. The summed E-state index contributed by atoms with van der Waals surface area (Å²) in [6, 6.07) is 6.91. The van der Waals surface area contributed by atoms with Crippen molar-refractivity contribution in [2.24, 2.45) is 0 Å². The largest absolute Gasteiger partial charge is 0.505 e. The number of anilines is 3. The minimum atomic E-state index is -0.600. The van der Waals surface area contributed by atoms with Crippen LogP contribution in [0.25, 0.3) is 0 Å². The van der Waals surface area contributed by atoms with Crippen LogP contribution in [-0.2, 0) is 6.42 Å². The minimum Gasteiger partial charge on any atom is -0.505 e. The molecule has 1 aromatic heterocycles. The second kappa shape index (κ2) is 7.07. The molecule has 0 aliphatic heterocycles. The summed E-state index contributed by atoms with van der Waals surface area (Å²) in [5.41, 5.74) is 1.36. The molecule has 136 valence electrons. The third-order valence-electron chi connectivity index (χ3n) is 4.56. The van der Waals surface area contributed by atoms with E-state index in [2.05, 4.69) is 10.6 Å². The summed E-state index contributed by atoms with van der Waals surface area (Å²) in [5.74, 6) is 0.777. The summed E-state index contributed by atoms with van der Waals surface area (Å²) in [4.78, 5) is 24.1. The van der Waals surface area contributed by atoms with Gasteiger partial charge in [0.25, 0.3) is 10.9 Å². The van der Waals surface area contributed by atoms with E-state index in [1.807, 2.05) is 19.9 Å². The van der Waals surface area contributed by atoms with Gasteiger partial charge in [0.05, 0.1) is 18.0 Å². The molecule has 0 aliphatic rings. The normalized spacial score (nSPS) is 12.3. The molecule has 3 rings (SSSR count). The minimum absolute atomic E-state index is 0.0529. The van der Waals surface area contributed by atoms with E-state index in [1.54, 1.807) is 31.4 Å². The molecule has 0 amide bonds. The number of para-hydroxylation sites is 1. The van der Waals surface area contributed by atoms with Gasteiger partial charge >= 0.3 is 0 Å². The Balaban J connectivity index is 1.87. The molecule has 6 nitrogen and oxygen atoms in total. The van der Waals surface area contributed by atoms with Crippen molar-refractivity contribution in [3.63, 3.8) is 0 Å². The van der Waals surface area contributed by atoms with Crippen LogP contribution in [0.5, 0.6) is 5.75 Å². The Labute approximate surface area is 151 Å². The number of aryl methyl sites for hydroxylation is 2. The van der Waals surface area contributed by atoms with Gasteiger partial charge in [-0.3, -0.25) is 9.59 Å². The third kappa shape index (κ3) is 3.10. The van der Waals surface area contributed by atoms with Crippen LogP contribution in [0.3, 0.4) is 0 Å². The zero-order chi connectivity index (χ0) is 18.8.